The smallest absolute Gasteiger partial charge is 0.253 e. The van der Waals surface area contributed by atoms with Crippen molar-refractivity contribution in [1.29, 1.82) is 0 Å². The van der Waals surface area contributed by atoms with E-state index in [0.29, 0.717) is 31.2 Å². The molecule has 2 aromatic carbocycles. The maximum atomic E-state index is 13.2. The molecule has 2 aromatic rings. The van der Waals surface area contributed by atoms with Gasteiger partial charge < -0.3 is 15.4 Å². The van der Waals surface area contributed by atoms with Crippen molar-refractivity contribution in [2.75, 3.05) is 32.8 Å². The van der Waals surface area contributed by atoms with Gasteiger partial charge in [0, 0.05) is 24.7 Å². The molecule has 1 aliphatic heterocycles. The average Bonchev–Trinajstić information content (AvgIpc) is 2.79. The van der Waals surface area contributed by atoms with E-state index >= 15 is 0 Å². The summed E-state index contributed by atoms with van der Waals surface area (Å²) >= 11 is 12.1. The molecule has 1 aliphatic rings. The van der Waals surface area contributed by atoms with Crippen molar-refractivity contribution in [3.8, 4) is 0 Å². The molecule has 33 heavy (non-hydrogen) atoms. The van der Waals surface area contributed by atoms with Crippen LogP contribution in [0.4, 0.5) is 0 Å². The molecule has 1 fully saturated rings. The third-order valence-electron chi connectivity index (χ3n) is 5.65. The lowest BCUT2D eigenvalue weighted by atomic mass is 10.0. The highest BCUT2D eigenvalue weighted by atomic mass is 35.5. The Morgan fingerprint density at radius 3 is 2.39 bits per heavy atom. The number of benzene rings is 2. The molecule has 2 atom stereocenters. The Bertz CT molecular complexity index is 934. The molecule has 0 aromatic heterocycles. The minimum absolute atomic E-state index is 0.0279. The molecule has 1 saturated heterocycles. The first-order chi connectivity index (χ1) is 15.8. The van der Waals surface area contributed by atoms with E-state index in [9.17, 15) is 9.59 Å². The van der Waals surface area contributed by atoms with Crippen LogP contribution in [0.1, 0.15) is 42.2 Å². The second kappa shape index (κ2) is 12.4. The monoisotopic (exact) mass is 491 g/mol. The molecule has 0 spiro atoms. The van der Waals surface area contributed by atoms with Crippen LogP contribution in [0.3, 0.4) is 0 Å². The second-order valence-corrected chi connectivity index (χ2v) is 9.44. The van der Waals surface area contributed by atoms with E-state index in [1.54, 1.807) is 12.1 Å². The molecule has 2 N–H and O–H groups in total. The quantitative estimate of drug-likeness (QED) is 0.547. The lowest BCUT2D eigenvalue weighted by Gasteiger charge is -2.35. The van der Waals surface area contributed by atoms with E-state index in [1.807, 2.05) is 32.0 Å². The van der Waals surface area contributed by atoms with E-state index < -0.39 is 11.9 Å². The van der Waals surface area contributed by atoms with Gasteiger partial charge in [0.25, 0.3) is 5.91 Å². The molecule has 0 saturated carbocycles. The molecule has 3 rings (SSSR count). The van der Waals surface area contributed by atoms with Crippen LogP contribution >= 0.6 is 23.2 Å². The van der Waals surface area contributed by atoms with Crippen molar-refractivity contribution in [2.45, 2.75) is 32.4 Å². The number of carbonyl (C=O) groups is 2. The number of hydrogen-bond donors (Lipinski definition) is 2. The first kappa shape index (κ1) is 25.5. The summed E-state index contributed by atoms with van der Waals surface area (Å²) in [6, 6.07) is 14.2. The first-order valence-electron chi connectivity index (χ1n) is 11.3. The lowest BCUT2D eigenvalue weighted by Crippen LogP contribution is -2.50. The minimum atomic E-state index is -0.676. The van der Waals surface area contributed by atoms with Crippen molar-refractivity contribution >= 4 is 35.0 Å². The van der Waals surface area contributed by atoms with E-state index in [-0.39, 0.29) is 28.5 Å². The van der Waals surface area contributed by atoms with Crippen molar-refractivity contribution in [3.63, 3.8) is 0 Å². The predicted octanol–water partition coefficient (Wildman–Crippen LogP) is 4.33. The molecular weight excluding hydrogens is 461 g/mol. The van der Waals surface area contributed by atoms with Crippen molar-refractivity contribution < 1.29 is 14.3 Å². The average molecular weight is 492 g/mol. The van der Waals surface area contributed by atoms with Crippen molar-refractivity contribution in [2.24, 2.45) is 5.92 Å². The van der Waals surface area contributed by atoms with Gasteiger partial charge in [0.05, 0.1) is 29.8 Å². The van der Waals surface area contributed by atoms with Gasteiger partial charge >= 0.3 is 0 Å². The van der Waals surface area contributed by atoms with Crippen molar-refractivity contribution in [3.05, 3.63) is 69.7 Å². The zero-order valence-corrected chi connectivity index (χ0v) is 20.5. The molecule has 6 nitrogen and oxygen atoms in total. The van der Waals surface area contributed by atoms with Crippen LogP contribution in [0, 0.1) is 5.92 Å². The Morgan fingerprint density at radius 1 is 1.06 bits per heavy atom. The number of nitrogens with one attached hydrogen (secondary N) is 2. The molecule has 2 amide bonds. The largest absolute Gasteiger partial charge is 0.379 e. The molecular formula is C25H31Cl2N3O3. The van der Waals surface area contributed by atoms with E-state index in [4.69, 9.17) is 27.9 Å². The third kappa shape index (κ3) is 7.44. The van der Waals surface area contributed by atoms with Gasteiger partial charge in [0.15, 0.2) is 0 Å². The molecule has 178 valence electrons. The molecule has 0 aliphatic carbocycles. The highest BCUT2D eigenvalue weighted by molar-refractivity contribution is 6.36. The topological polar surface area (TPSA) is 70.7 Å². The van der Waals surface area contributed by atoms with Crippen LogP contribution in [-0.4, -0.2) is 55.6 Å². The fourth-order valence-electron chi connectivity index (χ4n) is 3.96. The zero-order valence-electron chi connectivity index (χ0n) is 19.0. The first-order valence-corrected chi connectivity index (χ1v) is 12.0. The summed E-state index contributed by atoms with van der Waals surface area (Å²) in [6.07, 6.45) is 0.510. The Kier molecular flexibility index (Phi) is 9.56. The summed E-state index contributed by atoms with van der Waals surface area (Å²) < 4.78 is 5.50. The van der Waals surface area contributed by atoms with E-state index in [0.717, 1.165) is 18.7 Å². The number of rotatable bonds is 9. The number of ether oxygens (including phenoxy) is 1. The van der Waals surface area contributed by atoms with Gasteiger partial charge in [-0.1, -0.05) is 67.4 Å². The number of nitrogens with zero attached hydrogens (tertiary/aromatic N) is 1. The van der Waals surface area contributed by atoms with Crippen LogP contribution in [0.25, 0.3) is 0 Å². The predicted molar refractivity (Wildman–Crippen MR) is 132 cm³/mol. The van der Waals surface area contributed by atoms with Gasteiger partial charge in [-0.3, -0.25) is 14.5 Å². The standard InChI is InChI=1S/C25H31Cl2N3O3/c1-17(2)14-22(29-24(31)20-9-8-19(26)15-21(20)27)25(32)28-16-23(18-6-4-3-5-7-18)30-10-12-33-13-11-30/h3-9,15,17,22-23H,10-14,16H2,1-2H3,(H,28,32)(H,29,31). The number of amides is 2. The molecule has 1 heterocycles. The van der Waals surface area contributed by atoms with Gasteiger partial charge in [-0.25, -0.2) is 0 Å². The fourth-order valence-corrected chi connectivity index (χ4v) is 4.45. The summed E-state index contributed by atoms with van der Waals surface area (Å²) in [6.45, 7) is 7.42. The fraction of sp³-hybridized carbons (Fsp3) is 0.440. The SMILES string of the molecule is CC(C)CC(NC(=O)c1ccc(Cl)cc1Cl)C(=O)NCC(c1ccccc1)N1CCOCC1. The highest BCUT2D eigenvalue weighted by Gasteiger charge is 2.27. The van der Waals surface area contributed by atoms with Crippen LogP contribution in [0.2, 0.25) is 10.0 Å². The summed E-state index contributed by atoms with van der Waals surface area (Å²) in [7, 11) is 0. The Balaban J connectivity index is 1.70. The number of morpholine rings is 1. The lowest BCUT2D eigenvalue weighted by molar-refractivity contribution is -0.123. The van der Waals surface area contributed by atoms with Gasteiger partial charge in [-0.2, -0.15) is 0 Å². The summed E-state index contributed by atoms with van der Waals surface area (Å²) in [5, 5.41) is 6.63. The normalized spacial score (nSPS) is 16.3. The van der Waals surface area contributed by atoms with Crippen LogP contribution < -0.4 is 10.6 Å². The van der Waals surface area contributed by atoms with Gasteiger partial charge in [0.2, 0.25) is 5.91 Å². The van der Waals surface area contributed by atoms with Gasteiger partial charge in [0.1, 0.15) is 6.04 Å². The van der Waals surface area contributed by atoms with Gasteiger partial charge in [-0.05, 0) is 36.1 Å². The molecule has 8 heteroatoms. The molecule has 0 bridgehead atoms. The molecule has 2 unspecified atom stereocenters. The van der Waals surface area contributed by atoms with Gasteiger partial charge in [-0.15, -0.1) is 0 Å². The number of carbonyl (C=O) groups excluding carboxylic acids is 2. The van der Waals surface area contributed by atoms with Crippen LogP contribution in [0.15, 0.2) is 48.5 Å². The van der Waals surface area contributed by atoms with Crippen LogP contribution in [-0.2, 0) is 9.53 Å². The minimum Gasteiger partial charge on any atom is -0.379 e. The third-order valence-corrected chi connectivity index (χ3v) is 6.19. The summed E-state index contributed by atoms with van der Waals surface area (Å²) in [5.41, 5.74) is 1.43. The Hall–Kier alpha value is -2.12. The van der Waals surface area contributed by atoms with Crippen LogP contribution in [0.5, 0.6) is 0 Å². The Morgan fingerprint density at radius 2 is 1.76 bits per heavy atom. The Labute approximate surface area is 205 Å². The number of halogens is 2. The number of hydrogen-bond acceptors (Lipinski definition) is 4. The van der Waals surface area contributed by atoms with E-state index in [2.05, 4.69) is 27.7 Å². The molecule has 0 radical (unpaired) electrons. The maximum Gasteiger partial charge on any atom is 0.253 e. The summed E-state index contributed by atoms with van der Waals surface area (Å²) in [5.74, 6) is -0.396. The zero-order chi connectivity index (χ0) is 23.8. The summed E-state index contributed by atoms with van der Waals surface area (Å²) in [4.78, 5) is 28.3. The highest BCUT2D eigenvalue weighted by Crippen LogP contribution is 2.22. The van der Waals surface area contributed by atoms with Crippen molar-refractivity contribution in [1.82, 2.24) is 15.5 Å². The second-order valence-electron chi connectivity index (χ2n) is 8.60. The maximum absolute atomic E-state index is 13.2. The van der Waals surface area contributed by atoms with E-state index in [1.165, 1.54) is 6.07 Å².